The van der Waals surface area contributed by atoms with Crippen LogP contribution in [0.15, 0.2) is 42.9 Å². The van der Waals surface area contributed by atoms with E-state index in [0.29, 0.717) is 6.42 Å². The van der Waals surface area contributed by atoms with Crippen molar-refractivity contribution in [3.05, 3.63) is 54.1 Å². The van der Waals surface area contributed by atoms with Crippen molar-refractivity contribution in [3.8, 4) is 0 Å². The highest BCUT2D eigenvalue weighted by Crippen LogP contribution is 2.06. The van der Waals surface area contributed by atoms with Crippen molar-refractivity contribution in [3.63, 3.8) is 0 Å². The minimum absolute atomic E-state index is 0.273. The molecule has 5 heteroatoms. The molecule has 2 rings (SSSR count). The molecule has 2 aromatic rings. The summed E-state index contributed by atoms with van der Waals surface area (Å²) in [6, 6.07) is 9.81. The number of carbonyl (C=O) groups excluding carboxylic acids is 1. The Morgan fingerprint density at radius 1 is 1.40 bits per heavy atom. The third-order valence-corrected chi connectivity index (χ3v) is 3.14. The van der Waals surface area contributed by atoms with Gasteiger partial charge in [0.15, 0.2) is 0 Å². The molecule has 1 heterocycles. The Morgan fingerprint density at radius 2 is 2.15 bits per heavy atom. The van der Waals surface area contributed by atoms with Crippen LogP contribution in [0.1, 0.15) is 11.3 Å². The molecule has 1 aromatic heterocycles. The highest BCUT2D eigenvalue weighted by molar-refractivity contribution is 5.75. The van der Waals surface area contributed by atoms with Gasteiger partial charge in [0.25, 0.3) is 0 Å². The zero-order valence-electron chi connectivity index (χ0n) is 11.7. The average molecular weight is 273 g/mol. The number of likely N-dealkylation sites (N-methyl/N-ethyl adjacent to an activating group) is 1. The van der Waals surface area contributed by atoms with Crippen LogP contribution in [0.5, 0.6) is 0 Å². The van der Waals surface area contributed by atoms with Gasteiger partial charge in [-0.1, -0.05) is 30.3 Å². The summed E-state index contributed by atoms with van der Waals surface area (Å²) in [5.41, 5.74) is 2.08. The van der Waals surface area contributed by atoms with E-state index < -0.39 is 0 Å². The van der Waals surface area contributed by atoms with Gasteiger partial charge in [0.05, 0.1) is 19.1 Å². The number of nitrogens with zero attached hydrogens (tertiary/aromatic N) is 2. The van der Waals surface area contributed by atoms with Gasteiger partial charge in [0.1, 0.15) is 6.04 Å². The number of carbonyl (C=O) groups is 1. The van der Waals surface area contributed by atoms with Crippen LogP contribution < -0.4 is 5.32 Å². The molecule has 1 N–H and O–H groups in total. The standard InChI is InChI=1S/C15H19N3O2/c1-16-14(15(19)20-2)8-13-10-18(11-17-13)9-12-6-4-3-5-7-12/h3-7,10-11,14,16H,8-9H2,1-2H3/t14-/m0/s1. The van der Waals surface area contributed by atoms with Crippen LogP contribution in [0.25, 0.3) is 0 Å². The molecule has 0 aliphatic rings. The van der Waals surface area contributed by atoms with Crippen molar-refractivity contribution < 1.29 is 9.53 Å². The van der Waals surface area contributed by atoms with Gasteiger partial charge in [-0.3, -0.25) is 4.79 Å². The Kier molecular flexibility index (Phi) is 4.90. The lowest BCUT2D eigenvalue weighted by Crippen LogP contribution is -2.37. The van der Waals surface area contributed by atoms with Gasteiger partial charge in [-0.15, -0.1) is 0 Å². The number of hydrogen-bond donors (Lipinski definition) is 1. The highest BCUT2D eigenvalue weighted by atomic mass is 16.5. The van der Waals surface area contributed by atoms with Gasteiger partial charge in [-0.2, -0.15) is 0 Å². The van der Waals surface area contributed by atoms with Crippen LogP contribution in [-0.4, -0.2) is 35.7 Å². The Bertz CT molecular complexity index is 551. The lowest BCUT2D eigenvalue weighted by Gasteiger charge is -2.11. The summed E-state index contributed by atoms with van der Waals surface area (Å²) < 4.78 is 6.75. The Hall–Kier alpha value is -2.14. The molecular formula is C15H19N3O2. The van der Waals surface area contributed by atoms with Gasteiger partial charge >= 0.3 is 5.97 Å². The molecule has 0 amide bonds. The SMILES string of the molecule is CN[C@@H](Cc1cn(Cc2ccccc2)cn1)C(=O)OC. The summed E-state index contributed by atoms with van der Waals surface area (Å²) in [5, 5.41) is 2.94. The minimum Gasteiger partial charge on any atom is -0.468 e. The van der Waals surface area contributed by atoms with Gasteiger partial charge in [0.2, 0.25) is 0 Å². The topological polar surface area (TPSA) is 56.2 Å². The van der Waals surface area contributed by atoms with Crippen molar-refractivity contribution in [2.75, 3.05) is 14.2 Å². The van der Waals surface area contributed by atoms with E-state index in [-0.39, 0.29) is 12.0 Å². The van der Waals surface area contributed by atoms with E-state index >= 15 is 0 Å². The van der Waals surface area contributed by atoms with E-state index in [9.17, 15) is 4.79 Å². The van der Waals surface area contributed by atoms with E-state index in [1.165, 1.54) is 12.7 Å². The number of rotatable bonds is 6. The lowest BCUT2D eigenvalue weighted by molar-refractivity contribution is -0.142. The van der Waals surface area contributed by atoms with E-state index in [2.05, 4.69) is 22.4 Å². The van der Waals surface area contributed by atoms with Crippen molar-refractivity contribution in [1.82, 2.24) is 14.9 Å². The number of benzene rings is 1. The maximum Gasteiger partial charge on any atom is 0.323 e. The first-order chi connectivity index (χ1) is 9.72. The van der Waals surface area contributed by atoms with E-state index in [1.54, 1.807) is 13.4 Å². The number of methoxy groups -OCH3 is 1. The fraction of sp³-hybridized carbons (Fsp3) is 0.333. The van der Waals surface area contributed by atoms with Crippen LogP contribution in [-0.2, 0) is 22.5 Å². The van der Waals surface area contributed by atoms with E-state index in [0.717, 1.165) is 12.2 Å². The number of nitrogens with one attached hydrogen (secondary N) is 1. The molecule has 106 valence electrons. The zero-order valence-corrected chi connectivity index (χ0v) is 11.7. The third kappa shape index (κ3) is 3.68. The second-order valence-corrected chi connectivity index (χ2v) is 4.59. The largest absolute Gasteiger partial charge is 0.468 e. The summed E-state index contributed by atoms with van der Waals surface area (Å²) in [6.45, 7) is 0.774. The van der Waals surface area contributed by atoms with Crippen LogP contribution in [0, 0.1) is 0 Å². The number of aromatic nitrogens is 2. The molecule has 0 spiro atoms. The molecule has 0 bridgehead atoms. The first-order valence-corrected chi connectivity index (χ1v) is 6.52. The molecule has 0 saturated carbocycles. The maximum absolute atomic E-state index is 11.5. The summed E-state index contributed by atoms with van der Waals surface area (Å²) >= 11 is 0. The number of esters is 1. The average Bonchev–Trinajstić information content (AvgIpc) is 2.92. The second kappa shape index (κ2) is 6.86. The van der Waals surface area contributed by atoms with Crippen molar-refractivity contribution in [1.29, 1.82) is 0 Å². The first-order valence-electron chi connectivity index (χ1n) is 6.52. The third-order valence-electron chi connectivity index (χ3n) is 3.14. The Balaban J connectivity index is 2.00. The smallest absolute Gasteiger partial charge is 0.323 e. The second-order valence-electron chi connectivity index (χ2n) is 4.59. The molecule has 0 aliphatic carbocycles. The molecule has 5 nitrogen and oxygen atoms in total. The molecule has 0 unspecified atom stereocenters. The molecule has 1 aromatic carbocycles. The quantitative estimate of drug-likeness (QED) is 0.804. The van der Waals surface area contributed by atoms with Crippen LogP contribution in [0.4, 0.5) is 0 Å². The molecule has 0 aliphatic heterocycles. The number of ether oxygens (including phenoxy) is 1. The van der Waals surface area contributed by atoms with Crippen LogP contribution in [0.3, 0.4) is 0 Å². The molecule has 0 radical (unpaired) electrons. The van der Waals surface area contributed by atoms with Crippen molar-refractivity contribution in [2.24, 2.45) is 0 Å². The number of imidazole rings is 1. The zero-order chi connectivity index (χ0) is 14.4. The fourth-order valence-corrected chi connectivity index (χ4v) is 2.05. The lowest BCUT2D eigenvalue weighted by atomic mass is 10.1. The predicted molar refractivity (Wildman–Crippen MR) is 76.3 cm³/mol. The Labute approximate surface area is 118 Å². The summed E-state index contributed by atoms with van der Waals surface area (Å²) in [5.74, 6) is -0.273. The number of hydrogen-bond acceptors (Lipinski definition) is 4. The van der Waals surface area contributed by atoms with Crippen LogP contribution >= 0.6 is 0 Å². The summed E-state index contributed by atoms with van der Waals surface area (Å²) in [4.78, 5) is 15.9. The van der Waals surface area contributed by atoms with E-state index in [1.807, 2.05) is 29.0 Å². The molecular weight excluding hydrogens is 254 g/mol. The van der Waals surface area contributed by atoms with Gasteiger partial charge < -0.3 is 14.6 Å². The fourth-order valence-electron chi connectivity index (χ4n) is 2.05. The molecule has 0 saturated heterocycles. The first kappa shape index (κ1) is 14.3. The molecule has 20 heavy (non-hydrogen) atoms. The van der Waals surface area contributed by atoms with Gasteiger partial charge in [-0.05, 0) is 12.6 Å². The van der Waals surface area contributed by atoms with Crippen LogP contribution in [0.2, 0.25) is 0 Å². The summed E-state index contributed by atoms with van der Waals surface area (Å²) in [7, 11) is 3.13. The highest BCUT2D eigenvalue weighted by Gasteiger charge is 2.18. The minimum atomic E-state index is -0.361. The maximum atomic E-state index is 11.5. The summed E-state index contributed by atoms with van der Waals surface area (Å²) in [6.07, 6.45) is 4.26. The van der Waals surface area contributed by atoms with Gasteiger partial charge in [-0.25, -0.2) is 4.98 Å². The van der Waals surface area contributed by atoms with Crippen molar-refractivity contribution >= 4 is 5.97 Å². The van der Waals surface area contributed by atoms with Gasteiger partial charge in [0, 0.05) is 19.2 Å². The molecule has 1 atom stereocenters. The predicted octanol–water partition coefficient (Wildman–Crippen LogP) is 1.23. The normalized spacial score (nSPS) is 12.1. The van der Waals surface area contributed by atoms with E-state index in [4.69, 9.17) is 4.74 Å². The molecule has 0 fully saturated rings. The van der Waals surface area contributed by atoms with Crippen molar-refractivity contribution in [2.45, 2.75) is 19.0 Å². The monoisotopic (exact) mass is 273 g/mol. The Morgan fingerprint density at radius 3 is 2.80 bits per heavy atom.